The molecule has 2 heteroatoms. The fourth-order valence-electron chi connectivity index (χ4n) is 6.37. The Morgan fingerprint density at radius 2 is 1.63 bits per heavy atom. The molecule has 1 N–H and O–H groups in total. The minimum absolute atomic E-state index is 0.376. The summed E-state index contributed by atoms with van der Waals surface area (Å²) < 4.78 is 0. The van der Waals surface area contributed by atoms with Gasteiger partial charge < -0.3 is 5.11 Å². The topological polar surface area (TPSA) is 23.5 Å². The summed E-state index contributed by atoms with van der Waals surface area (Å²) in [5, 5.41) is 9.46. The highest BCUT2D eigenvalue weighted by atomic mass is 16.3. The highest BCUT2D eigenvalue weighted by Gasteiger charge is 2.50. The highest BCUT2D eigenvalue weighted by Crippen LogP contribution is 2.61. The Kier molecular flexibility index (Phi) is 3.15. The van der Waals surface area contributed by atoms with Gasteiger partial charge in [-0.25, -0.2) is 0 Å². The monoisotopic (exact) mass is 263 g/mol. The maximum atomic E-state index is 9.46. The lowest BCUT2D eigenvalue weighted by Crippen LogP contribution is -2.47. The van der Waals surface area contributed by atoms with E-state index >= 15 is 0 Å². The zero-order valence-electron chi connectivity index (χ0n) is 12.2. The Morgan fingerprint density at radius 1 is 1.00 bits per heavy atom. The third kappa shape index (κ3) is 2.25. The van der Waals surface area contributed by atoms with E-state index in [0.717, 1.165) is 23.2 Å². The quantitative estimate of drug-likeness (QED) is 0.842. The van der Waals surface area contributed by atoms with Gasteiger partial charge >= 0.3 is 0 Å². The van der Waals surface area contributed by atoms with E-state index in [1.54, 1.807) is 19.3 Å². The van der Waals surface area contributed by atoms with Crippen LogP contribution in [0.2, 0.25) is 0 Å². The van der Waals surface area contributed by atoms with Crippen molar-refractivity contribution in [1.29, 1.82) is 0 Å². The molecule has 5 aliphatic rings. The van der Waals surface area contributed by atoms with E-state index in [-0.39, 0.29) is 0 Å². The molecule has 1 aliphatic heterocycles. The van der Waals surface area contributed by atoms with Crippen LogP contribution >= 0.6 is 0 Å². The maximum absolute atomic E-state index is 9.46. The van der Waals surface area contributed by atoms with E-state index in [2.05, 4.69) is 4.90 Å². The molecule has 0 aromatic heterocycles. The van der Waals surface area contributed by atoms with E-state index in [4.69, 9.17) is 0 Å². The van der Waals surface area contributed by atoms with Gasteiger partial charge in [0.1, 0.15) is 0 Å². The molecule has 1 atom stereocenters. The van der Waals surface area contributed by atoms with Gasteiger partial charge in [0.15, 0.2) is 0 Å². The molecule has 0 aromatic rings. The third-order valence-electron chi connectivity index (χ3n) is 6.80. The largest absolute Gasteiger partial charge is 0.395 e. The Balaban J connectivity index is 1.40. The molecular formula is C17H29NO. The van der Waals surface area contributed by atoms with Crippen molar-refractivity contribution in [1.82, 2.24) is 4.90 Å². The van der Waals surface area contributed by atoms with Crippen LogP contribution in [0.1, 0.15) is 57.8 Å². The first-order chi connectivity index (χ1) is 9.26. The molecule has 0 unspecified atom stereocenters. The van der Waals surface area contributed by atoms with Gasteiger partial charge in [-0.3, -0.25) is 4.90 Å². The molecule has 5 rings (SSSR count). The van der Waals surface area contributed by atoms with Gasteiger partial charge in [-0.2, -0.15) is 0 Å². The second-order valence-corrected chi connectivity index (χ2v) is 8.18. The number of rotatable bonds is 4. The van der Waals surface area contributed by atoms with Crippen LogP contribution in [0.3, 0.4) is 0 Å². The van der Waals surface area contributed by atoms with Crippen LogP contribution in [0.5, 0.6) is 0 Å². The number of hydrogen-bond donors (Lipinski definition) is 1. The zero-order valence-corrected chi connectivity index (χ0v) is 12.2. The SMILES string of the molecule is OC[C@@H]1CCCN1CCC12CC3CC(CC(C3)C1)C2. The fourth-order valence-corrected chi connectivity index (χ4v) is 6.37. The van der Waals surface area contributed by atoms with E-state index in [0.29, 0.717) is 12.6 Å². The molecule has 108 valence electrons. The van der Waals surface area contributed by atoms with Gasteiger partial charge in [0.25, 0.3) is 0 Å². The van der Waals surface area contributed by atoms with Gasteiger partial charge in [-0.05, 0) is 94.0 Å². The zero-order chi connectivity index (χ0) is 12.9. The summed E-state index contributed by atoms with van der Waals surface area (Å²) in [6.07, 6.45) is 13.2. The first kappa shape index (κ1) is 12.6. The number of aliphatic hydroxyl groups is 1. The Labute approximate surface area is 117 Å². The number of aliphatic hydroxyl groups excluding tert-OH is 1. The van der Waals surface area contributed by atoms with Crippen molar-refractivity contribution in [2.24, 2.45) is 23.2 Å². The van der Waals surface area contributed by atoms with E-state index < -0.39 is 0 Å². The second kappa shape index (κ2) is 4.73. The molecular weight excluding hydrogens is 234 g/mol. The molecule has 4 aliphatic carbocycles. The molecule has 4 saturated carbocycles. The molecule has 5 fully saturated rings. The van der Waals surface area contributed by atoms with Crippen LogP contribution in [-0.2, 0) is 0 Å². The van der Waals surface area contributed by atoms with E-state index in [1.807, 2.05) is 0 Å². The van der Waals surface area contributed by atoms with E-state index in [1.165, 1.54) is 51.6 Å². The van der Waals surface area contributed by atoms with Crippen molar-refractivity contribution in [2.75, 3.05) is 19.7 Å². The van der Waals surface area contributed by atoms with Gasteiger partial charge in [0.05, 0.1) is 6.61 Å². The van der Waals surface area contributed by atoms with Crippen molar-refractivity contribution in [3.63, 3.8) is 0 Å². The minimum atomic E-state index is 0.376. The maximum Gasteiger partial charge on any atom is 0.0586 e. The average Bonchev–Trinajstić information content (AvgIpc) is 2.82. The van der Waals surface area contributed by atoms with Gasteiger partial charge in [-0.1, -0.05) is 0 Å². The van der Waals surface area contributed by atoms with Crippen molar-refractivity contribution >= 4 is 0 Å². The Bertz CT molecular complexity index is 305. The molecule has 0 radical (unpaired) electrons. The number of likely N-dealkylation sites (tertiary alicyclic amines) is 1. The fraction of sp³-hybridized carbons (Fsp3) is 1.00. The number of nitrogens with zero attached hydrogens (tertiary/aromatic N) is 1. The minimum Gasteiger partial charge on any atom is -0.395 e. The second-order valence-electron chi connectivity index (χ2n) is 8.18. The van der Waals surface area contributed by atoms with Crippen molar-refractivity contribution in [3.05, 3.63) is 0 Å². The molecule has 1 saturated heterocycles. The molecule has 1 heterocycles. The van der Waals surface area contributed by atoms with Gasteiger partial charge in [0, 0.05) is 6.04 Å². The first-order valence-electron chi connectivity index (χ1n) is 8.61. The standard InChI is InChI=1S/C17H29NO/c19-12-16-2-1-4-18(16)5-3-17-9-13-6-14(10-17)8-15(7-13)11-17/h13-16,19H,1-12H2/t13?,14?,15?,16-,17?/m0/s1. The molecule has 19 heavy (non-hydrogen) atoms. The summed E-state index contributed by atoms with van der Waals surface area (Å²) in [6, 6.07) is 0.480. The van der Waals surface area contributed by atoms with Crippen molar-refractivity contribution < 1.29 is 5.11 Å². The molecule has 4 bridgehead atoms. The summed E-state index contributed by atoms with van der Waals surface area (Å²) >= 11 is 0. The molecule has 0 aromatic carbocycles. The number of hydrogen-bond acceptors (Lipinski definition) is 2. The lowest BCUT2D eigenvalue weighted by molar-refractivity contribution is -0.0619. The van der Waals surface area contributed by atoms with Crippen LogP contribution in [0.4, 0.5) is 0 Å². The molecule has 0 spiro atoms. The summed E-state index contributed by atoms with van der Waals surface area (Å²) in [6.45, 7) is 2.87. The van der Waals surface area contributed by atoms with Gasteiger partial charge in [0.2, 0.25) is 0 Å². The smallest absolute Gasteiger partial charge is 0.0586 e. The van der Waals surface area contributed by atoms with Gasteiger partial charge in [-0.15, -0.1) is 0 Å². The Morgan fingerprint density at radius 3 is 2.21 bits per heavy atom. The summed E-state index contributed by atoms with van der Waals surface area (Å²) in [5.41, 5.74) is 0.720. The third-order valence-corrected chi connectivity index (χ3v) is 6.80. The summed E-state index contributed by atoms with van der Waals surface area (Å²) in [4.78, 5) is 2.58. The highest BCUT2D eigenvalue weighted by molar-refractivity contribution is 5.01. The average molecular weight is 263 g/mol. The van der Waals surface area contributed by atoms with Crippen LogP contribution < -0.4 is 0 Å². The van der Waals surface area contributed by atoms with Crippen LogP contribution in [0, 0.1) is 23.2 Å². The molecule has 0 amide bonds. The van der Waals surface area contributed by atoms with Crippen molar-refractivity contribution in [3.8, 4) is 0 Å². The normalized spacial score (nSPS) is 49.1. The lowest BCUT2D eigenvalue weighted by atomic mass is 9.49. The summed E-state index contributed by atoms with van der Waals surface area (Å²) in [5.74, 6) is 3.25. The lowest BCUT2D eigenvalue weighted by Gasteiger charge is -2.57. The van der Waals surface area contributed by atoms with Crippen LogP contribution in [0.25, 0.3) is 0 Å². The van der Waals surface area contributed by atoms with Crippen molar-refractivity contribution in [2.45, 2.75) is 63.8 Å². The predicted molar refractivity (Wildman–Crippen MR) is 76.9 cm³/mol. The molecule has 2 nitrogen and oxygen atoms in total. The van der Waals surface area contributed by atoms with E-state index in [9.17, 15) is 5.11 Å². The van der Waals surface area contributed by atoms with Crippen LogP contribution in [-0.4, -0.2) is 35.7 Å². The first-order valence-corrected chi connectivity index (χ1v) is 8.61. The predicted octanol–water partition coefficient (Wildman–Crippen LogP) is 3.05. The summed E-state index contributed by atoms with van der Waals surface area (Å²) in [7, 11) is 0. The van der Waals surface area contributed by atoms with Crippen LogP contribution in [0.15, 0.2) is 0 Å². The Hall–Kier alpha value is -0.0800.